The molecule has 0 spiro atoms. The van der Waals surface area contributed by atoms with Crippen LogP contribution in [0.25, 0.3) is 50.3 Å². The zero-order chi connectivity index (χ0) is 32.8. The molecule has 0 saturated heterocycles. The fourth-order valence-corrected chi connectivity index (χ4v) is 9.34. The van der Waals surface area contributed by atoms with Crippen LogP contribution < -0.4 is 15.2 Å². The van der Waals surface area contributed by atoms with Gasteiger partial charge in [0.2, 0.25) is 0 Å². The van der Waals surface area contributed by atoms with Crippen molar-refractivity contribution in [3.63, 3.8) is 0 Å². The van der Waals surface area contributed by atoms with Gasteiger partial charge >= 0.3 is 0 Å². The summed E-state index contributed by atoms with van der Waals surface area (Å²) >= 11 is 0. The molecule has 1 aliphatic heterocycles. The Morgan fingerprint density at radius 2 is 1.42 bits per heavy atom. The van der Waals surface area contributed by atoms with Crippen molar-refractivity contribution in [1.29, 1.82) is 0 Å². The molecule has 5 aromatic rings. The van der Waals surface area contributed by atoms with Crippen molar-refractivity contribution < 1.29 is 9.15 Å². The fourth-order valence-electron chi connectivity index (χ4n) is 9.34. The minimum atomic E-state index is 0.0375. The summed E-state index contributed by atoms with van der Waals surface area (Å²) in [5, 5.41) is 4.90. The number of para-hydroxylation sites is 3. The standard InChI is InChI=1S/C48H34O2/c1-2-14-30-29(12-1)13-7-19-35(30)46-36-20-8-17-31(38-22-10-24-40-33-15-3-5-26-44(33)49-47(38)40)42(36)28-43-32(18-9-21-37(43)46)39-23-11-25-41-34-16-4-6-27-45(34)50-48(39)41/h1-20,22-30,33,37,44H,21H2. The summed E-state index contributed by atoms with van der Waals surface area (Å²) in [4.78, 5) is 0. The Morgan fingerprint density at radius 3 is 2.40 bits per heavy atom. The molecule has 11 rings (SSSR count). The molecule has 2 heterocycles. The lowest BCUT2D eigenvalue weighted by atomic mass is 9.68. The third-order valence-corrected chi connectivity index (χ3v) is 11.6. The molecule has 0 amide bonds. The SMILES string of the molecule is C1=CC2C=CC=C(C3=c4cccc(-c5cccc6c5OC5C=CC=CC65)c4=CC4=C(c5cccc6c5oc5ccccc56)C=CCC43)C2C=C1. The van der Waals surface area contributed by atoms with Gasteiger partial charge in [0, 0.05) is 51.1 Å². The van der Waals surface area contributed by atoms with Crippen LogP contribution in [0.4, 0.5) is 0 Å². The molecule has 2 heteroatoms. The highest BCUT2D eigenvalue weighted by Crippen LogP contribution is 2.49. The van der Waals surface area contributed by atoms with Gasteiger partial charge in [-0.05, 0) is 62.9 Å². The van der Waals surface area contributed by atoms with Crippen LogP contribution in [0.1, 0.15) is 23.5 Å². The van der Waals surface area contributed by atoms with Crippen LogP contribution in [0.15, 0.2) is 173 Å². The molecule has 0 fully saturated rings. The average molecular weight is 643 g/mol. The maximum absolute atomic E-state index is 6.74. The normalized spacial score (nSPS) is 25.2. The van der Waals surface area contributed by atoms with Crippen LogP contribution in [-0.4, -0.2) is 6.10 Å². The van der Waals surface area contributed by atoms with Gasteiger partial charge < -0.3 is 9.15 Å². The van der Waals surface area contributed by atoms with Gasteiger partial charge in [-0.3, -0.25) is 0 Å². The van der Waals surface area contributed by atoms with Gasteiger partial charge in [0.05, 0.1) is 0 Å². The highest BCUT2D eigenvalue weighted by Gasteiger charge is 2.36. The second-order valence-electron chi connectivity index (χ2n) is 14.1. The molecular formula is C48H34O2. The fraction of sp³-hybridized carbons (Fsp3) is 0.125. The van der Waals surface area contributed by atoms with E-state index in [1.807, 2.05) is 0 Å². The number of benzene rings is 4. The number of rotatable bonds is 3. The third kappa shape index (κ3) is 4.02. The lowest BCUT2D eigenvalue weighted by molar-refractivity contribution is 0.270. The van der Waals surface area contributed by atoms with Crippen LogP contribution in [0.2, 0.25) is 0 Å². The Bertz CT molecular complexity index is 2680. The highest BCUT2D eigenvalue weighted by atomic mass is 16.5. The highest BCUT2D eigenvalue weighted by molar-refractivity contribution is 6.09. The molecule has 0 saturated carbocycles. The third-order valence-electron chi connectivity index (χ3n) is 11.6. The number of hydrogen-bond donors (Lipinski definition) is 0. The minimum absolute atomic E-state index is 0.0375. The molecule has 5 aliphatic carbocycles. The maximum atomic E-state index is 6.74. The van der Waals surface area contributed by atoms with Crippen molar-refractivity contribution >= 4 is 39.2 Å². The summed E-state index contributed by atoms with van der Waals surface area (Å²) < 4.78 is 13.4. The van der Waals surface area contributed by atoms with E-state index in [-0.39, 0.29) is 17.9 Å². The van der Waals surface area contributed by atoms with E-state index in [0.717, 1.165) is 45.2 Å². The van der Waals surface area contributed by atoms with E-state index in [4.69, 9.17) is 9.15 Å². The van der Waals surface area contributed by atoms with Crippen molar-refractivity contribution in [1.82, 2.24) is 0 Å². The lowest BCUT2D eigenvalue weighted by Gasteiger charge is -2.36. The number of ether oxygens (including phenoxy) is 1. The van der Waals surface area contributed by atoms with Crippen LogP contribution in [0.5, 0.6) is 5.75 Å². The van der Waals surface area contributed by atoms with Crippen molar-refractivity contribution in [3.05, 3.63) is 191 Å². The summed E-state index contributed by atoms with van der Waals surface area (Å²) in [5.74, 6) is 2.13. The molecule has 0 bridgehead atoms. The molecule has 4 aromatic carbocycles. The van der Waals surface area contributed by atoms with Gasteiger partial charge in [0.25, 0.3) is 0 Å². The van der Waals surface area contributed by atoms with E-state index in [1.54, 1.807) is 0 Å². The summed E-state index contributed by atoms with van der Waals surface area (Å²) in [6.07, 6.45) is 33.1. The molecule has 238 valence electrons. The van der Waals surface area contributed by atoms with E-state index in [9.17, 15) is 0 Å². The van der Waals surface area contributed by atoms with Crippen molar-refractivity contribution in [2.24, 2.45) is 17.8 Å². The monoisotopic (exact) mass is 642 g/mol. The number of fused-ring (bicyclic) bond motifs is 9. The largest absolute Gasteiger partial charge is 0.484 e. The van der Waals surface area contributed by atoms with Gasteiger partial charge in [-0.25, -0.2) is 0 Å². The summed E-state index contributed by atoms with van der Waals surface area (Å²) in [6, 6.07) is 28.6. The minimum Gasteiger partial charge on any atom is -0.484 e. The molecule has 5 atom stereocenters. The molecular weight excluding hydrogens is 609 g/mol. The Labute approximate surface area is 291 Å². The summed E-state index contributed by atoms with van der Waals surface area (Å²) in [7, 11) is 0. The number of hydrogen-bond acceptors (Lipinski definition) is 2. The van der Waals surface area contributed by atoms with E-state index in [1.165, 1.54) is 43.9 Å². The van der Waals surface area contributed by atoms with E-state index < -0.39 is 0 Å². The Morgan fingerprint density at radius 1 is 0.640 bits per heavy atom. The molecule has 6 aliphatic rings. The Balaban J connectivity index is 1.21. The average Bonchev–Trinajstić information content (AvgIpc) is 3.75. The molecule has 2 nitrogen and oxygen atoms in total. The van der Waals surface area contributed by atoms with Crippen molar-refractivity contribution in [2.75, 3.05) is 0 Å². The predicted octanol–water partition coefficient (Wildman–Crippen LogP) is 10.1. The first-order chi connectivity index (χ1) is 24.8. The number of furan rings is 1. The van der Waals surface area contributed by atoms with Gasteiger partial charge in [-0.1, -0.05) is 146 Å². The van der Waals surface area contributed by atoms with Crippen molar-refractivity contribution in [2.45, 2.75) is 18.4 Å². The van der Waals surface area contributed by atoms with E-state index in [0.29, 0.717) is 11.8 Å². The predicted molar refractivity (Wildman–Crippen MR) is 205 cm³/mol. The molecule has 0 N–H and O–H groups in total. The van der Waals surface area contributed by atoms with Crippen LogP contribution in [-0.2, 0) is 0 Å². The summed E-state index contributed by atoms with van der Waals surface area (Å²) in [6.45, 7) is 0. The van der Waals surface area contributed by atoms with Crippen LogP contribution in [0.3, 0.4) is 0 Å². The van der Waals surface area contributed by atoms with Gasteiger partial charge in [0.1, 0.15) is 23.0 Å². The van der Waals surface area contributed by atoms with Crippen LogP contribution >= 0.6 is 0 Å². The van der Waals surface area contributed by atoms with Gasteiger partial charge in [-0.15, -0.1) is 0 Å². The molecule has 5 unspecified atom stereocenters. The zero-order valence-corrected chi connectivity index (χ0v) is 27.5. The zero-order valence-electron chi connectivity index (χ0n) is 27.5. The maximum Gasteiger partial charge on any atom is 0.143 e. The lowest BCUT2D eigenvalue weighted by Crippen LogP contribution is -2.38. The molecule has 50 heavy (non-hydrogen) atoms. The summed E-state index contributed by atoms with van der Waals surface area (Å²) in [5.41, 5.74) is 12.1. The quantitative estimate of drug-likeness (QED) is 0.195. The smallest absolute Gasteiger partial charge is 0.143 e. The topological polar surface area (TPSA) is 22.4 Å². The first-order valence-corrected chi connectivity index (χ1v) is 17.9. The second kappa shape index (κ2) is 10.8. The van der Waals surface area contributed by atoms with Gasteiger partial charge in [0.15, 0.2) is 0 Å². The van der Waals surface area contributed by atoms with E-state index >= 15 is 0 Å². The molecule has 1 aromatic heterocycles. The number of allylic oxidation sites excluding steroid dienone is 14. The Hall–Kier alpha value is -5.86. The molecule has 0 radical (unpaired) electrons. The van der Waals surface area contributed by atoms with Crippen molar-refractivity contribution in [3.8, 4) is 16.9 Å². The van der Waals surface area contributed by atoms with E-state index in [2.05, 4.69) is 164 Å². The first-order valence-electron chi connectivity index (χ1n) is 17.9. The van der Waals surface area contributed by atoms with Crippen LogP contribution in [0, 0.1) is 17.8 Å². The second-order valence-corrected chi connectivity index (χ2v) is 14.1. The first kappa shape index (κ1) is 28.0. The Kier molecular flexibility index (Phi) is 6.07. The van der Waals surface area contributed by atoms with Gasteiger partial charge in [-0.2, -0.15) is 0 Å².